The van der Waals surface area contributed by atoms with Crippen LogP contribution in [-0.4, -0.2) is 18.0 Å². The van der Waals surface area contributed by atoms with Crippen LogP contribution in [0.2, 0.25) is 0 Å². The first kappa shape index (κ1) is 12.9. The van der Waals surface area contributed by atoms with Crippen LogP contribution in [0.4, 0.5) is 11.4 Å². The van der Waals surface area contributed by atoms with Gasteiger partial charge in [-0.05, 0) is 43.9 Å². The lowest BCUT2D eigenvalue weighted by Crippen LogP contribution is -2.34. The van der Waals surface area contributed by atoms with Crippen molar-refractivity contribution >= 4 is 17.3 Å². The molecule has 0 aromatic heterocycles. The van der Waals surface area contributed by atoms with E-state index in [-0.39, 0.29) is 5.91 Å². The zero-order chi connectivity index (χ0) is 13.0. The van der Waals surface area contributed by atoms with Gasteiger partial charge in [-0.1, -0.05) is 6.07 Å². The average Bonchev–Trinajstić information content (AvgIpc) is 2.28. The molecule has 0 aliphatic heterocycles. The molecule has 1 aliphatic rings. The molecule has 4 heteroatoms. The van der Waals surface area contributed by atoms with Crippen molar-refractivity contribution in [3.8, 4) is 0 Å². The van der Waals surface area contributed by atoms with Crippen molar-refractivity contribution in [2.75, 3.05) is 10.6 Å². The molecule has 1 aromatic rings. The summed E-state index contributed by atoms with van der Waals surface area (Å²) in [5, 5.41) is 6.28. The van der Waals surface area contributed by atoms with Crippen molar-refractivity contribution in [2.24, 2.45) is 5.73 Å². The van der Waals surface area contributed by atoms with Gasteiger partial charge in [0.1, 0.15) is 0 Å². The van der Waals surface area contributed by atoms with Gasteiger partial charge in [0, 0.05) is 30.4 Å². The van der Waals surface area contributed by atoms with E-state index in [4.69, 9.17) is 5.73 Å². The highest BCUT2D eigenvalue weighted by molar-refractivity contribution is 5.89. The third kappa shape index (κ3) is 3.74. The molecule has 1 aromatic carbocycles. The van der Waals surface area contributed by atoms with Crippen molar-refractivity contribution in [2.45, 2.75) is 44.7 Å². The summed E-state index contributed by atoms with van der Waals surface area (Å²) < 4.78 is 0. The van der Waals surface area contributed by atoms with Crippen molar-refractivity contribution in [1.29, 1.82) is 0 Å². The van der Waals surface area contributed by atoms with Crippen LogP contribution in [0.5, 0.6) is 0 Å². The lowest BCUT2D eigenvalue weighted by molar-refractivity contribution is -0.114. The topological polar surface area (TPSA) is 67.2 Å². The summed E-state index contributed by atoms with van der Waals surface area (Å²) in [5.41, 5.74) is 7.85. The van der Waals surface area contributed by atoms with Gasteiger partial charge in [0.05, 0.1) is 0 Å². The number of benzene rings is 1. The molecule has 1 amide bonds. The molecule has 18 heavy (non-hydrogen) atoms. The Morgan fingerprint density at radius 2 is 2.11 bits per heavy atom. The van der Waals surface area contributed by atoms with E-state index >= 15 is 0 Å². The predicted octanol–water partition coefficient (Wildman–Crippen LogP) is 2.33. The van der Waals surface area contributed by atoms with Gasteiger partial charge < -0.3 is 16.4 Å². The number of amides is 1. The highest BCUT2D eigenvalue weighted by Gasteiger charge is 2.18. The smallest absolute Gasteiger partial charge is 0.221 e. The van der Waals surface area contributed by atoms with E-state index in [1.165, 1.54) is 13.3 Å². The molecule has 2 atom stereocenters. The minimum absolute atomic E-state index is 0.0492. The molecule has 2 rings (SSSR count). The number of hydrogen-bond acceptors (Lipinski definition) is 3. The number of rotatable bonds is 3. The average molecular weight is 247 g/mol. The van der Waals surface area contributed by atoms with Crippen LogP contribution in [-0.2, 0) is 4.79 Å². The van der Waals surface area contributed by atoms with Gasteiger partial charge in [0.15, 0.2) is 0 Å². The highest BCUT2D eigenvalue weighted by Crippen LogP contribution is 2.22. The van der Waals surface area contributed by atoms with Gasteiger partial charge in [0.2, 0.25) is 5.91 Å². The van der Waals surface area contributed by atoms with Gasteiger partial charge in [-0.15, -0.1) is 0 Å². The molecule has 0 heterocycles. The standard InChI is InChI=1S/C14H21N3O/c1-10(18)16-13-6-3-7-14(9-13)17-12-5-2-4-11(15)8-12/h3,6-7,9,11-12,17H,2,4-5,8,15H2,1H3,(H,16,18). The Kier molecular flexibility index (Phi) is 4.20. The van der Waals surface area contributed by atoms with Gasteiger partial charge >= 0.3 is 0 Å². The maximum absolute atomic E-state index is 11.0. The maximum atomic E-state index is 11.0. The first-order chi connectivity index (χ1) is 8.63. The molecule has 1 saturated carbocycles. The van der Waals surface area contributed by atoms with Crippen LogP contribution in [0.3, 0.4) is 0 Å². The number of nitrogens with two attached hydrogens (primary N) is 1. The SMILES string of the molecule is CC(=O)Nc1cccc(NC2CCCC(N)C2)c1. The first-order valence-electron chi connectivity index (χ1n) is 6.53. The predicted molar refractivity (Wildman–Crippen MR) is 74.6 cm³/mol. The molecular formula is C14H21N3O. The molecule has 4 nitrogen and oxygen atoms in total. The second-order valence-corrected chi connectivity index (χ2v) is 5.03. The molecule has 4 N–H and O–H groups in total. The number of hydrogen-bond donors (Lipinski definition) is 3. The van der Waals surface area contributed by atoms with Crippen LogP contribution < -0.4 is 16.4 Å². The van der Waals surface area contributed by atoms with Crippen molar-refractivity contribution < 1.29 is 4.79 Å². The number of nitrogens with one attached hydrogen (secondary N) is 2. The molecule has 0 radical (unpaired) electrons. The van der Waals surface area contributed by atoms with Crippen molar-refractivity contribution in [3.05, 3.63) is 24.3 Å². The van der Waals surface area contributed by atoms with Crippen LogP contribution >= 0.6 is 0 Å². The fourth-order valence-electron chi connectivity index (χ4n) is 2.48. The quantitative estimate of drug-likeness (QED) is 0.768. The molecule has 1 fully saturated rings. The molecule has 0 spiro atoms. The number of anilines is 2. The first-order valence-corrected chi connectivity index (χ1v) is 6.53. The van der Waals surface area contributed by atoms with Gasteiger partial charge in [0.25, 0.3) is 0 Å². The van der Waals surface area contributed by atoms with E-state index < -0.39 is 0 Å². The van der Waals surface area contributed by atoms with Crippen LogP contribution in [0, 0.1) is 0 Å². The van der Waals surface area contributed by atoms with E-state index in [2.05, 4.69) is 10.6 Å². The van der Waals surface area contributed by atoms with Crippen LogP contribution in [0.15, 0.2) is 24.3 Å². The maximum Gasteiger partial charge on any atom is 0.221 e. The van der Waals surface area contributed by atoms with E-state index in [0.29, 0.717) is 12.1 Å². The van der Waals surface area contributed by atoms with Crippen molar-refractivity contribution in [1.82, 2.24) is 0 Å². The zero-order valence-electron chi connectivity index (χ0n) is 10.8. The summed E-state index contributed by atoms with van der Waals surface area (Å²) in [6, 6.07) is 8.57. The Morgan fingerprint density at radius 1 is 1.33 bits per heavy atom. The second kappa shape index (κ2) is 5.87. The second-order valence-electron chi connectivity index (χ2n) is 5.03. The summed E-state index contributed by atoms with van der Waals surface area (Å²) in [5.74, 6) is -0.0492. The Labute approximate surface area is 108 Å². The Morgan fingerprint density at radius 3 is 2.83 bits per heavy atom. The van der Waals surface area contributed by atoms with Crippen molar-refractivity contribution in [3.63, 3.8) is 0 Å². The molecule has 1 aliphatic carbocycles. The lowest BCUT2D eigenvalue weighted by atomic mass is 9.91. The minimum atomic E-state index is -0.0492. The van der Waals surface area contributed by atoms with Gasteiger partial charge in [-0.25, -0.2) is 0 Å². The largest absolute Gasteiger partial charge is 0.382 e. The number of carbonyl (C=O) groups is 1. The Balaban J connectivity index is 1.98. The molecule has 2 unspecified atom stereocenters. The summed E-state index contributed by atoms with van der Waals surface area (Å²) >= 11 is 0. The third-order valence-electron chi connectivity index (χ3n) is 3.27. The molecule has 0 saturated heterocycles. The highest BCUT2D eigenvalue weighted by atomic mass is 16.1. The van der Waals surface area contributed by atoms with E-state index in [0.717, 1.165) is 30.6 Å². The number of carbonyl (C=O) groups excluding carboxylic acids is 1. The lowest BCUT2D eigenvalue weighted by Gasteiger charge is -2.28. The van der Waals surface area contributed by atoms with Crippen LogP contribution in [0.25, 0.3) is 0 Å². The molecule has 0 bridgehead atoms. The third-order valence-corrected chi connectivity index (χ3v) is 3.27. The van der Waals surface area contributed by atoms with E-state index in [1.54, 1.807) is 0 Å². The normalized spacial score (nSPS) is 23.4. The van der Waals surface area contributed by atoms with Crippen LogP contribution in [0.1, 0.15) is 32.6 Å². The molecule has 98 valence electrons. The minimum Gasteiger partial charge on any atom is -0.382 e. The summed E-state index contributed by atoms with van der Waals surface area (Å²) in [6.45, 7) is 1.51. The summed E-state index contributed by atoms with van der Waals surface area (Å²) in [4.78, 5) is 11.0. The monoisotopic (exact) mass is 247 g/mol. The Bertz CT molecular complexity index is 419. The van der Waals surface area contributed by atoms with E-state index in [9.17, 15) is 4.79 Å². The van der Waals surface area contributed by atoms with Gasteiger partial charge in [-0.2, -0.15) is 0 Å². The fourth-order valence-corrected chi connectivity index (χ4v) is 2.48. The fraction of sp³-hybridized carbons (Fsp3) is 0.500. The zero-order valence-corrected chi connectivity index (χ0v) is 10.8. The summed E-state index contributed by atoms with van der Waals surface area (Å²) in [7, 11) is 0. The van der Waals surface area contributed by atoms with E-state index in [1.807, 2.05) is 24.3 Å². The summed E-state index contributed by atoms with van der Waals surface area (Å²) in [6.07, 6.45) is 4.50. The van der Waals surface area contributed by atoms with Gasteiger partial charge in [-0.3, -0.25) is 4.79 Å². The molecular weight excluding hydrogens is 226 g/mol. The Hall–Kier alpha value is -1.55.